The Kier molecular flexibility index (Phi) is 5.59. The number of aryl methyl sites for hydroxylation is 2. The topological polar surface area (TPSA) is 0 Å². The van der Waals surface area contributed by atoms with Crippen LogP contribution < -0.4 is 0 Å². The molecule has 0 N–H and O–H groups in total. The van der Waals surface area contributed by atoms with Crippen molar-refractivity contribution in [3.63, 3.8) is 0 Å². The second-order valence-corrected chi connectivity index (χ2v) is 5.04. The van der Waals surface area contributed by atoms with Crippen molar-refractivity contribution in [3.8, 4) is 0 Å². The molecule has 1 aromatic carbocycles. The maximum absolute atomic E-state index is 2.37. The van der Waals surface area contributed by atoms with Crippen LogP contribution in [0.2, 0.25) is 0 Å². The molecule has 0 spiro atoms. The van der Waals surface area contributed by atoms with Crippen LogP contribution in [0.4, 0.5) is 0 Å². The Morgan fingerprint density at radius 2 is 1.81 bits per heavy atom. The summed E-state index contributed by atoms with van der Waals surface area (Å²) in [6.45, 7) is 9.00. The first-order valence-corrected chi connectivity index (χ1v) is 6.73. The van der Waals surface area contributed by atoms with Gasteiger partial charge < -0.3 is 0 Å². The quantitative estimate of drug-likeness (QED) is 0.626. The summed E-state index contributed by atoms with van der Waals surface area (Å²) in [5.74, 6) is 0.877. The van der Waals surface area contributed by atoms with Crippen LogP contribution in [0.3, 0.4) is 0 Å². The van der Waals surface area contributed by atoms with E-state index in [4.69, 9.17) is 0 Å². The normalized spacial score (nSPS) is 12.8. The molecule has 0 amide bonds. The first kappa shape index (κ1) is 13.3. The Hall–Kier alpha value is -0.780. The fourth-order valence-electron chi connectivity index (χ4n) is 2.21. The van der Waals surface area contributed by atoms with Crippen molar-refractivity contribution >= 4 is 0 Å². The van der Waals surface area contributed by atoms with Crippen LogP contribution in [0.5, 0.6) is 0 Å². The molecule has 0 heterocycles. The largest absolute Gasteiger partial charge is 0.0654 e. The first-order valence-electron chi connectivity index (χ1n) is 6.73. The molecule has 1 aromatic rings. The average Bonchev–Trinajstić information content (AvgIpc) is 2.29. The van der Waals surface area contributed by atoms with E-state index in [9.17, 15) is 0 Å². The van der Waals surface area contributed by atoms with Crippen molar-refractivity contribution in [1.82, 2.24) is 0 Å². The Morgan fingerprint density at radius 1 is 1.06 bits per heavy atom. The molecule has 1 atom stereocenters. The fourth-order valence-corrected chi connectivity index (χ4v) is 2.21. The van der Waals surface area contributed by atoms with Crippen molar-refractivity contribution in [2.45, 2.75) is 59.8 Å². The molecule has 0 bridgehead atoms. The van der Waals surface area contributed by atoms with Gasteiger partial charge in [-0.05, 0) is 42.9 Å². The highest BCUT2D eigenvalue weighted by molar-refractivity contribution is 5.30. The van der Waals surface area contributed by atoms with Gasteiger partial charge in [0.2, 0.25) is 0 Å². The maximum Gasteiger partial charge on any atom is -0.0250 e. The summed E-state index contributed by atoms with van der Waals surface area (Å²) < 4.78 is 0. The third kappa shape index (κ3) is 4.00. The van der Waals surface area contributed by atoms with Crippen molar-refractivity contribution in [3.05, 3.63) is 34.9 Å². The van der Waals surface area contributed by atoms with Crippen LogP contribution in [-0.2, 0) is 6.42 Å². The molecular weight excluding hydrogens is 192 g/mol. The molecule has 0 nitrogen and oxygen atoms in total. The molecule has 0 radical (unpaired) electrons. The van der Waals surface area contributed by atoms with Crippen molar-refractivity contribution in [1.29, 1.82) is 0 Å². The second-order valence-electron chi connectivity index (χ2n) is 5.04. The predicted octanol–water partition coefficient (Wildman–Crippen LogP) is 5.06. The van der Waals surface area contributed by atoms with Gasteiger partial charge in [0.15, 0.2) is 0 Å². The third-order valence-corrected chi connectivity index (χ3v) is 3.64. The summed E-state index contributed by atoms with van der Waals surface area (Å²) in [5.41, 5.74) is 4.36. The van der Waals surface area contributed by atoms with E-state index in [-0.39, 0.29) is 0 Å². The van der Waals surface area contributed by atoms with Gasteiger partial charge in [-0.3, -0.25) is 0 Å². The summed E-state index contributed by atoms with van der Waals surface area (Å²) in [7, 11) is 0. The average molecular weight is 218 g/mol. The van der Waals surface area contributed by atoms with Gasteiger partial charge in [0.05, 0.1) is 0 Å². The fraction of sp³-hybridized carbons (Fsp3) is 0.625. The van der Waals surface area contributed by atoms with Gasteiger partial charge in [-0.15, -0.1) is 0 Å². The number of unbranched alkanes of at least 4 members (excludes halogenated alkanes) is 1. The van der Waals surface area contributed by atoms with Gasteiger partial charge in [0.1, 0.15) is 0 Å². The SMILES string of the molecule is CCCCC(CC)Cc1ccc(C)c(C)c1. The van der Waals surface area contributed by atoms with E-state index in [0.29, 0.717) is 0 Å². The summed E-state index contributed by atoms with van der Waals surface area (Å²) in [6.07, 6.45) is 6.66. The summed E-state index contributed by atoms with van der Waals surface area (Å²) >= 11 is 0. The first-order chi connectivity index (χ1) is 7.67. The number of benzene rings is 1. The highest BCUT2D eigenvalue weighted by Gasteiger charge is 2.07. The van der Waals surface area contributed by atoms with Crippen LogP contribution in [0.25, 0.3) is 0 Å². The molecule has 0 aromatic heterocycles. The van der Waals surface area contributed by atoms with Gasteiger partial charge >= 0.3 is 0 Å². The zero-order chi connectivity index (χ0) is 12.0. The van der Waals surface area contributed by atoms with E-state index in [1.54, 1.807) is 0 Å². The molecular formula is C16H26. The van der Waals surface area contributed by atoms with Gasteiger partial charge in [-0.1, -0.05) is 57.7 Å². The molecule has 0 saturated heterocycles. The van der Waals surface area contributed by atoms with Crippen molar-refractivity contribution < 1.29 is 0 Å². The molecule has 1 unspecified atom stereocenters. The minimum atomic E-state index is 0.877. The maximum atomic E-state index is 2.37. The third-order valence-electron chi connectivity index (χ3n) is 3.64. The Balaban J connectivity index is 2.59. The van der Waals surface area contributed by atoms with E-state index in [1.807, 2.05) is 0 Å². The highest BCUT2D eigenvalue weighted by atomic mass is 14.1. The van der Waals surface area contributed by atoms with Gasteiger partial charge in [-0.2, -0.15) is 0 Å². The summed E-state index contributed by atoms with van der Waals surface area (Å²) in [5, 5.41) is 0. The summed E-state index contributed by atoms with van der Waals surface area (Å²) in [4.78, 5) is 0. The van der Waals surface area contributed by atoms with E-state index in [1.165, 1.54) is 48.8 Å². The lowest BCUT2D eigenvalue weighted by Crippen LogP contribution is -2.03. The van der Waals surface area contributed by atoms with Crippen LogP contribution in [0.15, 0.2) is 18.2 Å². The number of hydrogen-bond acceptors (Lipinski definition) is 0. The standard InChI is InChI=1S/C16H26/c1-5-7-8-15(6-2)12-16-10-9-13(3)14(4)11-16/h9-11,15H,5-8,12H2,1-4H3. The predicted molar refractivity (Wildman–Crippen MR) is 72.9 cm³/mol. The van der Waals surface area contributed by atoms with E-state index in [0.717, 1.165) is 5.92 Å². The molecule has 16 heavy (non-hydrogen) atoms. The lowest BCUT2D eigenvalue weighted by atomic mass is 9.91. The Labute approximate surface area is 101 Å². The highest BCUT2D eigenvalue weighted by Crippen LogP contribution is 2.20. The van der Waals surface area contributed by atoms with Crippen LogP contribution in [0.1, 0.15) is 56.2 Å². The van der Waals surface area contributed by atoms with Crippen molar-refractivity contribution in [2.24, 2.45) is 5.92 Å². The molecule has 0 fully saturated rings. The molecule has 90 valence electrons. The zero-order valence-corrected chi connectivity index (χ0v) is 11.3. The van der Waals surface area contributed by atoms with Crippen LogP contribution in [-0.4, -0.2) is 0 Å². The molecule has 0 aliphatic carbocycles. The van der Waals surface area contributed by atoms with E-state index < -0.39 is 0 Å². The Morgan fingerprint density at radius 3 is 2.38 bits per heavy atom. The smallest absolute Gasteiger partial charge is 0.0250 e. The summed E-state index contributed by atoms with van der Waals surface area (Å²) in [6, 6.07) is 6.93. The Bertz CT molecular complexity index is 312. The lowest BCUT2D eigenvalue weighted by Gasteiger charge is -2.15. The molecule has 0 aliphatic heterocycles. The van der Waals surface area contributed by atoms with Gasteiger partial charge in [0, 0.05) is 0 Å². The molecule has 1 rings (SSSR count). The zero-order valence-electron chi connectivity index (χ0n) is 11.3. The van der Waals surface area contributed by atoms with Gasteiger partial charge in [0.25, 0.3) is 0 Å². The second kappa shape index (κ2) is 6.73. The minimum absolute atomic E-state index is 0.877. The minimum Gasteiger partial charge on any atom is -0.0654 e. The van der Waals surface area contributed by atoms with E-state index in [2.05, 4.69) is 45.9 Å². The van der Waals surface area contributed by atoms with Crippen LogP contribution in [0, 0.1) is 19.8 Å². The number of rotatable bonds is 6. The molecule has 0 saturated carbocycles. The monoisotopic (exact) mass is 218 g/mol. The van der Waals surface area contributed by atoms with E-state index >= 15 is 0 Å². The van der Waals surface area contributed by atoms with Gasteiger partial charge in [-0.25, -0.2) is 0 Å². The van der Waals surface area contributed by atoms with Crippen molar-refractivity contribution in [2.75, 3.05) is 0 Å². The van der Waals surface area contributed by atoms with Crippen LogP contribution >= 0.6 is 0 Å². The molecule has 0 heteroatoms. The lowest BCUT2D eigenvalue weighted by molar-refractivity contribution is 0.449. The number of hydrogen-bond donors (Lipinski definition) is 0. The molecule has 0 aliphatic rings.